The van der Waals surface area contributed by atoms with Gasteiger partial charge in [0.2, 0.25) is 11.9 Å². The number of nitrogens with zero attached hydrogens (tertiary/aromatic N) is 4. The van der Waals surface area contributed by atoms with Crippen LogP contribution < -0.4 is 16.4 Å². The fourth-order valence-corrected chi connectivity index (χ4v) is 3.34. The monoisotopic (exact) mass is 409 g/mol. The van der Waals surface area contributed by atoms with Crippen LogP contribution in [0.25, 0.3) is 0 Å². The van der Waals surface area contributed by atoms with Crippen molar-refractivity contribution < 1.29 is 9.59 Å². The Morgan fingerprint density at radius 2 is 2.00 bits per heavy atom. The molecule has 2 amide bonds. The zero-order chi connectivity index (χ0) is 21.7. The lowest BCUT2D eigenvalue weighted by Crippen LogP contribution is -2.44. The highest BCUT2D eigenvalue weighted by atomic mass is 16.2. The predicted octanol–water partition coefficient (Wildman–Crippen LogP) is 2.43. The Hall–Kier alpha value is -3.49. The molecule has 30 heavy (non-hydrogen) atoms. The average molecular weight is 409 g/mol. The number of nitrogens with one attached hydrogen (secondary N) is 2. The van der Waals surface area contributed by atoms with Crippen molar-refractivity contribution >= 4 is 29.3 Å². The van der Waals surface area contributed by atoms with Crippen LogP contribution in [0.4, 0.5) is 17.5 Å². The van der Waals surface area contributed by atoms with Gasteiger partial charge in [-0.1, -0.05) is 32.6 Å². The Morgan fingerprint density at radius 3 is 2.63 bits per heavy atom. The number of amides is 2. The van der Waals surface area contributed by atoms with Gasteiger partial charge >= 0.3 is 0 Å². The normalized spacial score (nSPS) is 16.2. The molecule has 0 saturated carbocycles. The maximum absolute atomic E-state index is 11.9. The van der Waals surface area contributed by atoms with Crippen molar-refractivity contribution in [3.8, 4) is 0 Å². The van der Waals surface area contributed by atoms with Crippen molar-refractivity contribution in [2.45, 2.75) is 38.6 Å². The van der Waals surface area contributed by atoms with Gasteiger partial charge in [0, 0.05) is 24.8 Å². The highest BCUT2D eigenvalue weighted by Gasteiger charge is 2.23. The molecule has 3 rings (SSSR count). The van der Waals surface area contributed by atoms with Crippen LogP contribution in [0.5, 0.6) is 0 Å². The number of rotatable bonds is 7. The van der Waals surface area contributed by atoms with E-state index in [4.69, 9.17) is 5.73 Å². The van der Waals surface area contributed by atoms with E-state index in [9.17, 15) is 9.59 Å². The molecule has 0 aliphatic carbocycles. The number of aromatic nitrogens is 3. The van der Waals surface area contributed by atoms with Crippen molar-refractivity contribution in [1.29, 1.82) is 0 Å². The molecule has 158 valence electrons. The van der Waals surface area contributed by atoms with E-state index in [0.717, 1.165) is 18.5 Å². The first-order valence-corrected chi connectivity index (χ1v) is 9.96. The van der Waals surface area contributed by atoms with Gasteiger partial charge in [0.1, 0.15) is 0 Å². The van der Waals surface area contributed by atoms with Gasteiger partial charge in [-0.05, 0) is 42.5 Å². The van der Waals surface area contributed by atoms with Gasteiger partial charge in [0.25, 0.3) is 5.91 Å². The number of carbonyl (C=O) groups is 2. The highest BCUT2D eigenvalue weighted by Crippen LogP contribution is 2.22. The van der Waals surface area contributed by atoms with Crippen LogP contribution in [0.15, 0.2) is 36.9 Å². The van der Waals surface area contributed by atoms with Crippen LogP contribution in [0.1, 0.15) is 48.7 Å². The summed E-state index contributed by atoms with van der Waals surface area (Å²) >= 11 is 0. The fraction of sp³-hybridized carbons (Fsp3) is 0.381. The van der Waals surface area contributed by atoms with E-state index in [1.54, 1.807) is 4.90 Å². The molecule has 0 radical (unpaired) electrons. The van der Waals surface area contributed by atoms with Gasteiger partial charge in [0.15, 0.2) is 11.5 Å². The lowest BCUT2D eigenvalue weighted by Gasteiger charge is -2.32. The number of nitrogens with two attached hydrogens (primary N) is 1. The van der Waals surface area contributed by atoms with E-state index in [1.165, 1.54) is 11.6 Å². The summed E-state index contributed by atoms with van der Waals surface area (Å²) in [7, 11) is 0. The molecule has 1 fully saturated rings. The zero-order valence-corrected chi connectivity index (χ0v) is 17.3. The van der Waals surface area contributed by atoms with E-state index in [-0.39, 0.29) is 29.4 Å². The van der Waals surface area contributed by atoms with Gasteiger partial charge in [0.05, 0.1) is 0 Å². The second kappa shape index (κ2) is 9.34. The second-order valence-corrected chi connectivity index (χ2v) is 7.57. The Bertz CT molecular complexity index is 927. The first-order chi connectivity index (χ1) is 14.4. The summed E-state index contributed by atoms with van der Waals surface area (Å²) in [6.45, 7) is 8.99. The van der Waals surface area contributed by atoms with Crippen LogP contribution >= 0.6 is 0 Å². The Morgan fingerprint density at radius 1 is 1.27 bits per heavy atom. The molecular weight excluding hydrogens is 382 g/mol. The van der Waals surface area contributed by atoms with Crippen molar-refractivity contribution in [2.75, 3.05) is 23.7 Å². The lowest BCUT2D eigenvalue weighted by atomic mass is 10.0. The summed E-state index contributed by atoms with van der Waals surface area (Å²) in [6.07, 6.45) is 3.04. The Kier molecular flexibility index (Phi) is 6.61. The summed E-state index contributed by atoms with van der Waals surface area (Å²) < 4.78 is 0. The molecule has 1 saturated heterocycles. The first kappa shape index (κ1) is 21.2. The number of benzene rings is 1. The summed E-state index contributed by atoms with van der Waals surface area (Å²) in [4.78, 5) is 29.8. The number of carbonyl (C=O) groups excluding carboxylic acids is 2. The number of piperidine rings is 1. The third-order valence-corrected chi connectivity index (χ3v) is 5.00. The van der Waals surface area contributed by atoms with Crippen LogP contribution in [0.2, 0.25) is 0 Å². The molecule has 1 aliphatic heterocycles. The topological polar surface area (TPSA) is 126 Å². The summed E-state index contributed by atoms with van der Waals surface area (Å²) in [5, 5.41) is 14.2. The molecule has 1 aliphatic rings. The van der Waals surface area contributed by atoms with E-state index in [1.807, 2.05) is 24.3 Å². The highest BCUT2D eigenvalue weighted by molar-refractivity contribution is 5.96. The number of primary amides is 1. The number of likely N-dealkylation sites (tertiary alicyclic amines) is 1. The SMILES string of the molecule is C=CC(=O)N1CCCC(Nc2nnc(C(N)=O)c(Nc3ccc(C(C)C)cc3)n2)C1. The zero-order valence-electron chi connectivity index (χ0n) is 17.3. The fourth-order valence-electron chi connectivity index (χ4n) is 3.34. The smallest absolute Gasteiger partial charge is 0.273 e. The molecule has 1 aromatic carbocycles. The Balaban J connectivity index is 1.78. The van der Waals surface area contributed by atoms with E-state index >= 15 is 0 Å². The maximum Gasteiger partial charge on any atom is 0.273 e. The van der Waals surface area contributed by atoms with Gasteiger partial charge in [-0.25, -0.2) is 0 Å². The standard InChI is InChI=1S/C21H27N7O2/c1-4-17(29)28-11-5-6-16(12-28)24-21-25-20(18(19(22)30)26-27-21)23-15-9-7-14(8-10-15)13(2)3/h4,7-10,13,16H,1,5-6,11-12H2,2-3H3,(H2,22,30)(H2,23,24,25,27). The van der Waals surface area contributed by atoms with E-state index in [0.29, 0.717) is 19.0 Å². The van der Waals surface area contributed by atoms with Crippen molar-refractivity contribution in [3.05, 3.63) is 48.2 Å². The molecular formula is C21H27N7O2. The van der Waals surface area contributed by atoms with Crippen molar-refractivity contribution in [2.24, 2.45) is 5.73 Å². The van der Waals surface area contributed by atoms with Crippen molar-refractivity contribution in [3.63, 3.8) is 0 Å². The second-order valence-electron chi connectivity index (χ2n) is 7.57. The van der Waals surface area contributed by atoms with E-state index < -0.39 is 5.91 Å². The van der Waals surface area contributed by atoms with Crippen LogP contribution in [-0.2, 0) is 4.79 Å². The molecule has 2 heterocycles. The molecule has 0 bridgehead atoms. The van der Waals surface area contributed by atoms with E-state index in [2.05, 4.69) is 46.2 Å². The number of hydrogen-bond acceptors (Lipinski definition) is 7. The average Bonchev–Trinajstić information content (AvgIpc) is 2.73. The molecule has 0 spiro atoms. The van der Waals surface area contributed by atoms with Gasteiger partial charge in [-0.2, -0.15) is 4.98 Å². The molecule has 1 aromatic heterocycles. The summed E-state index contributed by atoms with van der Waals surface area (Å²) in [6, 6.07) is 7.82. The predicted molar refractivity (Wildman–Crippen MR) is 116 cm³/mol. The quantitative estimate of drug-likeness (QED) is 0.600. The number of anilines is 3. The van der Waals surface area contributed by atoms with Gasteiger partial charge < -0.3 is 21.3 Å². The third-order valence-electron chi connectivity index (χ3n) is 5.00. The minimum atomic E-state index is -0.719. The molecule has 9 heteroatoms. The maximum atomic E-state index is 11.9. The van der Waals surface area contributed by atoms with Crippen molar-refractivity contribution in [1.82, 2.24) is 20.1 Å². The largest absolute Gasteiger partial charge is 0.364 e. The molecule has 9 nitrogen and oxygen atoms in total. The van der Waals surface area contributed by atoms with Crippen LogP contribution in [0, 0.1) is 0 Å². The summed E-state index contributed by atoms with van der Waals surface area (Å²) in [5.41, 5.74) is 7.36. The minimum absolute atomic E-state index is 0.0259. The van der Waals surface area contributed by atoms with Crippen LogP contribution in [-0.4, -0.2) is 51.0 Å². The summed E-state index contributed by atoms with van der Waals surface area (Å²) in [5.74, 6) is 0.0891. The molecule has 1 unspecified atom stereocenters. The lowest BCUT2D eigenvalue weighted by molar-refractivity contribution is -0.127. The molecule has 2 aromatic rings. The minimum Gasteiger partial charge on any atom is -0.364 e. The Labute approximate surface area is 175 Å². The first-order valence-electron chi connectivity index (χ1n) is 9.96. The van der Waals surface area contributed by atoms with Gasteiger partial charge in [-0.3, -0.25) is 9.59 Å². The van der Waals surface area contributed by atoms with Gasteiger partial charge in [-0.15, -0.1) is 10.2 Å². The van der Waals surface area contributed by atoms with Crippen LogP contribution in [0.3, 0.4) is 0 Å². The number of hydrogen-bond donors (Lipinski definition) is 3. The molecule has 4 N–H and O–H groups in total. The third kappa shape index (κ3) is 5.11. The molecule has 1 atom stereocenters.